The largest absolute Gasteiger partial charge is 0.371 e. The molecule has 0 radical (unpaired) electrons. The molecule has 0 aromatic carbocycles. The molecule has 1 aliphatic rings. The normalized spacial score (nSPS) is 20.9. The van der Waals surface area contributed by atoms with E-state index in [9.17, 15) is 10.1 Å². The van der Waals surface area contributed by atoms with Crippen LogP contribution in [0.3, 0.4) is 0 Å². The standard InChI is InChI=1S/C8H15NO5/c1-8(2,9(10)11)5-13-6-12-3-7-4-14-7/h7H,3-6H2,1-2H3. The maximum atomic E-state index is 10.5. The third-order valence-corrected chi connectivity index (χ3v) is 1.82. The van der Waals surface area contributed by atoms with Crippen LogP contribution < -0.4 is 0 Å². The highest BCUT2D eigenvalue weighted by molar-refractivity contribution is 4.67. The van der Waals surface area contributed by atoms with E-state index in [1.165, 1.54) is 13.8 Å². The lowest BCUT2D eigenvalue weighted by molar-refractivity contribution is -0.565. The number of nitro groups is 1. The van der Waals surface area contributed by atoms with E-state index in [4.69, 9.17) is 14.2 Å². The Morgan fingerprint density at radius 1 is 1.57 bits per heavy atom. The Morgan fingerprint density at radius 3 is 2.71 bits per heavy atom. The van der Waals surface area contributed by atoms with Crippen molar-refractivity contribution in [2.75, 3.05) is 26.6 Å². The molecule has 0 aliphatic carbocycles. The molecule has 0 N–H and O–H groups in total. The fourth-order valence-electron chi connectivity index (χ4n) is 0.747. The molecule has 0 aromatic heterocycles. The number of hydrogen-bond acceptors (Lipinski definition) is 5. The molecule has 0 saturated carbocycles. The Kier molecular flexibility index (Phi) is 3.79. The summed E-state index contributed by atoms with van der Waals surface area (Å²) in [6.45, 7) is 4.38. The Hall–Kier alpha value is -0.720. The van der Waals surface area contributed by atoms with Gasteiger partial charge in [-0.15, -0.1) is 0 Å². The van der Waals surface area contributed by atoms with Gasteiger partial charge in [0, 0.05) is 18.8 Å². The number of nitrogens with zero attached hydrogens (tertiary/aromatic N) is 1. The summed E-state index contributed by atoms with van der Waals surface area (Å²) in [6, 6.07) is 0. The van der Waals surface area contributed by atoms with Crippen molar-refractivity contribution in [3.63, 3.8) is 0 Å². The molecule has 1 aliphatic heterocycles. The third kappa shape index (κ3) is 3.99. The van der Waals surface area contributed by atoms with Crippen molar-refractivity contribution in [2.45, 2.75) is 25.5 Å². The van der Waals surface area contributed by atoms with Crippen LogP contribution >= 0.6 is 0 Å². The number of epoxide rings is 1. The van der Waals surface area contributed by atoms with E-state index in [1.54, 1.807) is 0 Å². The summed E-state index contributed by atoms with van der Waals surface area (Å²) in [5.74, 6) is 0. The molecule has 0 amide bonds. The van der Waals surface area contributed by atoms with Gasteiger partial charge in [0.2, 0.25) is 5.54 Å². The average molecular weight is 205 g/mol. The first-order valence-corrected chi connectivity index (χ1v) is 4.44. The Bertz CT molecular complexity index is 202. The first-order chi connectivity index (χ1) is 6.52. The monoisotopic (exact) mass is 205 g/mol. The van der Waals surface area contributed by atoms with Crippen molar-refractivity contribution in [2.24, 2.45) is 0 Å². The topological polar surface area (TPSA) is 74.1 Å². The van der Waals surface area contributed by atoms with E-state index in [0.29, 0.717) is 6.61 Å². The number of rotatable bonds is 7. The summed E-state index contributed by atoms with van der Waals surface area (Å²) >= 11 is 0. The highest BCUT2D eigenvalue weighted by Gasteiger charge is 2.31. The van der Waals surface area contributed by atoms with Crippen LogP contribution in [0, 0.1) is 10.1 Å². The van der Waals surface area contributed by atoms with Crippen molar-refractivity contribution in [1.29, 1.82) is 0 Å². The minimum atomic E-state index is -1.06. The molecule has 1 fully saturated rings. The van der Waals surface area contributed by atoms with Crippen LogP contribution in [0.25, 0.3) is 0 Å². The zero-order valence-corrected chi connectivity index (χ0v) is 8.39. The number of hydrogen-bond donors (Lipinski definition) is 0. The fraction of sp³-hybridized carbons (Fsp3) is 1.00. The second-order valence-electron chi connectivity index (χ2n) is 3.86. The van der Waals surface area contributed by atoms with Crippen LogP contribution in [0.15, 0.2) is 0 Å². The lowest BCUT2D eigenvalue weighted by Gasteiger charge is -2.15. The molecule has 6 heteroatoms. The smallest absolute Gasteiger partial charge is 0.239 e. The van der Waals surface area contributed by atoms with E-state index in [0.717, 1.165) is 6.61 Å². The van der Waals surface area contributed by atoms with Crippen molar-refractivity contribution in [3.05, 3.63) is 10.1 Å². The van der Waals surface area contributed by atoms with Gasteiger partial charge in [-0.2, -0.15) is 0 Å². The summed E-state index contributed by atoms with van der Waals surface area (Å²) in [6.07, 6.45) is 0.196. The predicted molar refractivity (Wildman–Crippen MR) is 47.6 cm³/mol. The molecular weight excluding hydrogens is 190 g/mol. The van der Waals surface area contributed by atoms with Gasteiger partial charge < -0.3 is 14.2 Å². The minimum absolute atomic E-state index is 0.0471. The van der Waals surface area contributed by atoms with Gasteiger partial charge in [-0.25, -0.2) is 0 Å². The summed E-state index contributed by atoms with van der Waals surface area (Å²) in [4.78, 5) is 10.1. The van der Waals surface area contributed by atoms with Gasteiger partial charge in [-0.1, -0.05) is 0 Å². The summed E-state index contributed by atoms with van der Waals surface area (Å²) in [5, 5.41) is 10.5. The molecule has 1 rings (SSSR count). The molecule has 6 nitrogen and oxygen atoms in total. The molecule has 1 saturated heterocycles. The van der Waals surface area contributed by atoms with E-state index in [-0.39, 0.29) is 24.4 Å². The molecule has 1 unspecified atom stereocenters. The van der Waals surface area contributed by atoms with Crippen LogP contribution in [-0.2, 0) is 14.2 Å². The third-order valence-electron chi connectivity index (χ3n) is 1.82. The molecule has 82 valence electrons. The van der Waals surface area contributed by atoms with Gasteiger partial charge >= 0.3 is 0 Å². The SMILES string of the molecule is CC(C)(COCOCC1CO1)[N+](=O)[O-]. The highest BCUT2D eigenvalue weighted by atomic mass is 16.7. The molecule has 0 aromatic rings. The van der Waals surface area contributed by atoms with Crippen molar-refractivity contribution in [3.8, 4) is 0 Å². The first-order valence-electron chi connectivity index (χ1n) is 4.44. The van der Waals surface area contributed by atoms with Gasteiger partial charge in [0.25, 0.3) is 0 Å². The minimum Gasteiger partial charge on any atom is -0.371 e. The first kappa shape index (κ1) is 11.4. The Morgan fingerprint density at radius 2 is 2.21 bits per heavy atom. The Labute approximate surface area is 82.3 Å². The quantitative estimate of drug-likeness (QED) is 0.198. The lowest BCUT2D eigenvalue weighted by Crippen LogP contribution is -2.36. The lowest BCUT2D eigenvalue weighted by atomic mass is 10.1. The van der Waals surface area contributed by atoms with Gasteiger partial charge in [0.1, 0.15) is 19.5 Å². The summed E-state index contributed by atoms with van der Waals surface area (Å²) < 4.78 is 15.0. The Balaban J connectivity index is 1.98. The molecule has 14 heavy (non-hydrogen) atoms. The van der Waals surface area contributed by atoms with Gasteiger partial charge in [0.05, 0.1) is 13.2 Å². The van der Waals surface area contributed by atoms with E-state index < -0.39 is 5.54 Å². The van der Waals surface area contributed by atoms with Crippen LogP contribution in [0.5, 0.6) is 0 Å². The fourth-order valence-corrected chi connectivity index (χ4v) is 0.747. The molecule has 1 atom stereocenters. The molecule has 0 bridgehead atoms. The van der Waals surface area contributed by atoms with Gasteiger partial charge in [-0.05, 0) is 0 Å². The number of ether oxygens (including phenoxy) is 3. The zero-order valence-electron chi connectivity index (χ0n) is 8.39. The van der Waals surface area contributed by atoms with Gasteiger partial charge in [-0.3, -0.25) is 10.1 Å². The summed E-state index contributed by atoms with van der Waals surface area (Å²) in [7, 11) is 0. The van der Waals surface area contributed by atoms with Crippen molar-refractivity contribution >= 4 is 0 Å². The second kappa shape index (κ2) is 4.68. The predicted octanol–water partition coefficient (Wildman–Crippen LogP) is 0.431. The van der Waals surface area contributed by atoms with E-state index in [1.807, 2.05) is 0 Å². The van der Waals surface area contributed by atoms with Crippen molar-refractivity contribution in [1.82, 2.24) is 0 Å². The van der Waals surface area contributed by atoms with E-state index in [2.05, 4.69) is 0 Å². The van der Waals surface area contributed by atoms with Crippen LogP contribution in [0.1, 0.15) is 13.8 Å². The average Bonchev–Trinajstić information content (AvgIpc) is 2.87. The van der Waals surface area contributed by atoms with Crippen LogP contribution in [0.2, 0.25) is 0 Å². The highest BCUT2D eigenvalue weighted by Crippen LogP contribution is 2.10. The van der Waals surface area contributed by atoms with Crippen molar-refractivity contribution < 1.29 is 19.1 Å². The van der Waals surface area contributed by atoms with E-state index >= 15 is 0 Å². The molecule has 1 heterocycles. The molecular formula is C8H15NO5. The second-order valence-corrected chi connectivity index (χ2v) is 3.86. The maximum Gasteiger partial charge on any atom is 0.239 e. The maximum absolute atomic E-state index is 10.5. The van der Waals surface area contributed by atoms with Crippen LogP contribution in [-0.4, -0.2) is 43.2 Å². The van der Waals surface area contributed by atoms with Gasteiger partial charge in [0.15, 0.2) is 0 Å². The van der Waals surface area contributed by atoms with Crippen LogP contribution in [0.4, 0.5) is 0 Å². The zero-order chi connectivity index (χ0) is 10.6. The summed E-state index contributed by atoms with van der Waals surface area (Å²) in [5.41, 5.74) is -1.06. The molecule has 0 spiro atoms.